The van der Waals surface area contributed by atoms with Gasteiger partial charge in [-0.1, -0.05) is 333 Å². The van der Waals surface area contributed by atoms with Gasteiger partial charge in [-0.05, 0) is 51.4 Å². The normalized spacial score (nSPS) is 12.2. The molecule has 0 radical (unpaired) electrons. The van der Waals surface area contributed by atoms with Gasteiger partial charge in [-0.2, -0.15) is 0 Å². The quantitative estimate of drug-likeness (QED) is 0.0261. The number of esters is 3. The summed E-state index contributed by atoms with van der Waals surface area (Å²) in [7, 11) is 0. The molecule has 0 aromatic rings. The number of hydrogen-bond acceptors (Lipinski definition) is 6. The summed E-state index contributed by atoms with van der Waals surface area (Å²) in [5, 5.41) is 0. The average molecular weight is 1050 g/mol. The molecule has 6 heteroatoms. The Labute approximate surface area is 467 Å². The van der Waals surface area contributed by atoms with E-state index in [1.807, 2.05) is 0 Å². The van der Waals surface area contributed by atoms with Gasteiger partial charge in [0.05, 0.1) is 0 Å². The number of ether oxygens (including phenoxy) is 3. The molecule has 0 aromatic heterocycles. The molecule has 75 heavy (non-hydrogen) atoms. The minimum atomic E-state index is -0.774. The lowest BCUT2D eigenvalue weighted by Gasteiger charge is -2.18. The van der Waals surface area contributed by atoms with Gasteiger partial charge in [-0.3, -0.25) is 14.4 Å². The summed E-state index contributed by atoms with van der Waals surface area (Å²) in [4.78, 5) is 38.3. The van der Waals surface area contributed by atoms with Gasteiger partial charge in [0.25, 0.3) is 0 Å². The first-order chi connectivity index (χ1) is 37.0. The van der Waals surface area contributed by atoms with E-state index < -0.39 is 6.10 Å². The third kappa shape index (κ3) is 62.4. The molecule has 0 amide bonds. The molecule has 0 aromatic carbocycles. The fraction of sp³-hybridized carbons (Fsp3) is 0.870. The van der Waals surface area contributed by atoms with Gasteiger partial charge in [-0.25, -0.2) is 0 Å². The van der Waals surface area contributed by atoms with E-state index in [-0.39, 0.29) is 31.1 Å². The largest absolute Gasteiger partial charge is 0.462 e. The van der Waals surface area contributed by atoms with Crippen molar-refractivity contribution in [2.24, 2.45) is 0 Å². The van der Waals surface area contributed by atoms with Gasteiger partial charge < -0.3 is 14.2 Å². The van der Waals surface area contributed by atoms with Crippen LogP contribution in [0.15, 0.2) is 36.5 Å². The van der Waals surface area contributed by atoms with Crippen molar-refractivity contribution in [1.82, 2.24) is 0 Å². The van der Waals surface area contributed by atoms with Crippen LogP contribution in [0, 0.1) is 0 Å². The Morgan fingerprint density at radius 2 is 0.520 bits per heavy atom. The number of carbonyl (C=O) groups excluding carboxylic acids is 3. The van der Waals surface area contributed by atoms with E-state index in [1.165, 1.54) is 244 Å². The SMILES string of the molecule is CC/C=C\C/C=C\C/C=C\CCCCCCCCCC(=O)OC(COC(=O)CCCCCCCCCCCCCCCCC)COC(=O)CCCCCCCCCCCCCCCCCCCCCCCCCCC. The summed E-state index contributed by atoms with van der Waals surface area (Å²) in [5.41, 5.74) is 0. The lowest BCUT2D eigenvalue weighted by molar-refractivity contribution is -0.167. The number of hydrogen-bond donors (Lipinski definition) is 0. The maximum Gasteiger partial charge on any atom is 0.306 e. The Balaban J connectivity index is 4.25. The zero-order chi connectivity index (χ0) is 54.3. The highest BCUT2D eigenvalue weighted by atomic mass is 16.6. The third-order valence-electron chi connectivity index (χ3n) is 15.2. The molecule has 0 heterocycles. The molecular formula is C69H128O6. The van der Waals surface area contributed by atoms with E-state index in [0.29, 0.717) is 19.3 Å². The molecule has 6 nitrogen and oxygen atoms in total. The lowest BCUT2D eigenvalue weighted by atomic mass is 10.0. The van der Waals surface area contributed by atoms with Crippen LogP contribution in [-0.4, -0.2) is 37.2 Å². The molecular weight excluding hydrogens is 925 g/mol. The van der Waals surface area contributed by atoms with Crippen molar-refractivity contribution < 1.29 is 28.6 Å². The van der Waals surface area contributed by atoms with E-state index in [9.17, 15) is 14.4 Å². The Kier molecular flexibility index (Phi) is 62.1. The van der Waals surface area contributed by atoms with Crippen molar-refractivity contribution in [1.29, 1.82) is 0 Å². The Morgan fingerprint density at radius 3 is 0.813 bits per heavy atom. The predicted molar refractivity (Wildman–Crippen MR) is 326 cm³/mol. The first-order valence-electron chi connectivity index (χ1n) is 33.5. The first-order valence-corrected chi connectivity index (χ1v) is 33.5. The van der Waals surface area contributed by atoms with Crippen LogP contribution in [-0.2, 0) is 28.6 Å². The standard InChI is InChI=1S/C69H128O6/c1-4-7-10-13-16-19-22-25-28-30-31-32-33-34-35-36-37-39-41-44-47-50-53-56-59-62-68(71)74-65-66(64-73-67(70)61-58-55-52-49-46-43-40-27-24-21-18-15-12-9-6-3)75-69(72)63-60-57-54-51-48-45-42-38-29-26-23-20-17-14-11-8-5-2/h8,11,17,20,26,29,66H,4-7,9-10,12-16,18-19,21-25,27-28,30-65H2,1-3H3/b11-8-,20-17-,29-26-. The fourth-order valence-corrected chi connectivity index (χ4v) is 10.2. The molecule has 0 aliphatic rings. The number of carbonyl (C=O) groups is 3. The molecule has 0 aliphatic carbocycles. The summed E-state index contributed by atoms with van der Waals surface area (Å²) in [6.07, 6.45) is 78.8. The maximum absolute atomic E-state index is 12.9. The van der Waals surface area contributed by atoms with Crippen LogP contribution in [0.2, 0.25) is 0 Å². The summed E-state index contributed by atoms with van der Waals surface area (Å²) >= 11 is 0. The second-order valence-electron chi connectivity index (χ2n) is 22.7. The van der Waals surface area contributed by atoms with Crippen molar-refractivity contribution in [3.05, 3.63) is 36.5 Å². The third-order valence-corrected chi connectivity index (χ3v) is 15.2. The van der Waals surface area contributed by atoms with Crippen molar-refractivity contribution in [2.75, 3.05) is 13.2 Å². The number of allylic oxidation sites excluding steroid dienone is 6. The Morgan fingerprint density at radius 1 is 0.280 bits per heavy atom. The van der Waals surface area contributed by atoms with E-state index >= 15 is 0 Å². The van der Waals surface area contributed by atoms with Crippen molar-refractivity contribution >= 4 is 17.9 Å². The fourth-order valence-electron chi connectivity index (χ4n) is 10.2. The molecule has 440 valence electrons. The van der Waals surface area contributed by atoms with Gasteiger partial charge in [0, 0.05) is 19.3 Å². The molecule has 1 unspecified atom stereocenters. The van der Waals surface area contributed by atoms with Crippen LogP contribution in [0.1, 0.15) is 367 Å². The van der Waals surface area contributed by atoms with Crippen LogP contribution < -0.4 is 0 Å². The second kappa shape index (κ2) is 64.2. The topological polar surface area (TPSA) is 78.9 Å². The van der Waals surface area contributed by atoms with Crippen LogP contribution in [0.5, 0.6) is 0 Å². The summed E-state index contributed by atoms with van der Waals surface area (Å²) in [6.45, 7) is 6.59. The van der Waals surface area contributed by atoms with Gasteiger partial charge in [0.1, 0.15) is 13.2 Å². The van der Waals surface area contributed by atoms with E-state index in [1.54, 1.807) is 0 Å². The van der Waals surface area contributed by atoms with Crippen LogP contribution >= 0.6 is 0 Å². The predicted octanol–water partition coefficient (Wildman–Crippen LogP) is 22.8. The molecule has 0 N–H and O–H groups in total. The van der Waals surface area contributed by atoms with Gasteiger partial charge >= 0.3 is 17.9 Å². The average Bonchev–Trinajstić information content (AvgIpc) is 3.41. The summed E-state index contributed by atoms with van der Waals surface area (Å²) in [5.74, 6) is -0.853. The summed E-state index contributed by atoms with van der Waals surface area (Å²) < 4.78 is 17.0. The molecule has 0 aliphatic heterocycles. The Bertz CT molecular complexity index is 1250. The number of rotatable bonds is 62. The number of unbranched alkanes of at least 4 members (excludes halogenated alkanes) is 45. The van der Waals surface area contributed by atoms with Crippen LogP contribution in [0.4, 0.5) is 0 Å². The monoisotopic (exact) mass is 1050 g/mol. The second-order valence-corrected chi connectivity index (χ2v) is 22.7. The Hall–Kier alpha value is -2.37. The molecule has 0 saturated carbocycles. The molecule has 0 fully saturated rings. The van der Waals surface area contributed by atoms with Gasteiger partial charge in [-0.15, -0.1) is 0 Å². The molecule has 0 saturated heterocycles. The zero-order valence-corrected chi connectivity index (χ0v) is 50.6. The van der Waals surface area contributed by atoms with E-state index in [2.05, 4.69) is 57.2 Å². The van der Waals surface area contributed by atoms with Crippen LogP contribution in [0.3, 0.4) is 0 Å². The maximum atomic E-state index is 12.9. The first kappa shape index (κ1) is 72.6. The highest BCUT2D eigenvalue weighted by Gasteiger charge is 2.19. The van der Waals surface area contributed by atoms with Crippen molar-refractivity contribution in [3.63, 3.8) is 0 Å². The highest BCUT2D eigenvalue weighted by molar-refractivity contribution is 5.71. The van der Waals surface area contributed by atoms with Gasteiger partial charge in [0.2, 0.25) is 0 Å². The van der Waals surface area contributed by atoms with Crippen molar-refractivity contribution in [3.8, 4) is 0 Å². The molecule has 1 atom stereocenters. The van der Waals surface area contributed by atoms with E-state index in [4.69, 9.17) is 14.2 Å². The van der Waals surface area contributed by atoms with Crippen molar-refractivity contribution in [2.45, 2.75) is 374 Å². The van der Waals surface area contributed by atoms with Gasteiger partial charge in [0.15, 0.2) is 6.10 Å². The minimum absolute atomic E-state index is 0.0706. The highest BCUT2D eigenvalue weighted by Crippen LogP contribution is 2.18. The zero-order valence-electron chi connectivity index (χ0n) is 50.6. The summed E-state index contributed by atoms with van der Waals surface area (Å²) in [6, 6.07) is 0. The lowest BCUT2D eigenvalue weighted by Crippen LogP contribution is -2.30. The van der Waals surface area contributed by atoms with E-state index in [0.717, 1.165) is 83.5 Å². The molecule has 0 spiro atoms. The molecule has 0 rings (SSSR count). The molecule has 0 bridgehead atoms. The van der Waals surface area contributed by atoms with Crippen LogP contribution in [0.25, 0.3) is 0 Å². The minimum Gasteiger partial charge on any atom is -0.462 e. The smallest absolute Gasteiger partial charge is 0.306 e.